The van der Waals surface area contributed by atoms with Gasteiger partial charge in [-0.2, -0.15) is 8.42 Å². The normalized spacial score (nSPS) is 12.2. The monoisotopic (exact) mass is 306 g/mol. The molecule has 9 heteroatoms. The summed E-state index contributed by atoms with van der Waals surface area (Å²) < 4.78 is 38.8. The Labute approximate surface area is 135 Å². The van der Waals surface area contributed by atoms with Gasteiger partial charge in [-0.15, -0.1) is 0 Å². The molecular weight excluding hydrogens is 287 g/mol. The van der Waals surface area contributed by atoms with Gasteiger partial charge in [0.25, 0.3) is 10.1 Å². The maximum atomic E-state index is 11.1. The topological polar surface area (TPSA) is 107 Å². The van der Waals surface area contributed by atoms with Crippen LogP contribution in [0.1, 0.15) is 25.7 Å². The molecule has 1 unspecified atom stereocenters. The Bertz CT molecular complexity index is 379. The van der Waals surface area contributed by atoms with Gasteiger partial charge in [-0.1, -0.05) is 0 Å². The standard InChI is InChI=1S/C10H18O7S.Na.H/c1-16-9(11)4-3-8(7-10(12)17-2)5-6-18(13,14)15;;/h8H,3-7H2,1-2H3,(H,13,14,15);;. The minimum atomic E-state index is -4.07. The Balaban J connectivity index is 0. The van der Waals surface area contributed by atoms with Gasteiger partial charge in [0.1, 0.15) is 0 Å². The fraction of sp³-hybridized carbons (Fsp3) is 0.800. The van der Waals surface area contributed by atoms with Crippen molar-refractivity contribution in [2.75, 3.05) is 20.0 Å². The van der Waals surface area contributed by atoms with Crippen LogP contribution in [-0.2, 0) is 29.2 Å². The van der Waals surface area contributed by atoms with Crippen molar-refractivity contribution < 1.29 is 32.0 Å². The average molecular weight is 306 g/mol. The van der Waals surface area contributed by atoms with Crippen molar-refractivity contribution in [1.29, 1.82) is 0 Å². The summed E-state index contributed by atoms with van der Waals surface area (Å²) in [5, 5.41) is 0. The summed E-state index contributed by atoms with van der Waals surface area (Å²) >= 11 is 0. The molecule has 0 aromatic heterocycles. The SMILES string of the molecule is COC(=O)CCC(CCS(=O)(=O)O)CC(=O)OC.[NaH]. The second-order valence-corrected chi connectivity index (χ2v) is 5.41. The molecule has 1 N–H and O–H groups in total. The van der Waals surface area contributed by atoms with Crippen molar-refractivity contribution in [3.8, 4) is 0 Å². The number of hydrogen-bond acceptors (Lipinski definition) is 6. The van der Waals surface area contributed by atoms with E-state index in [-0.39, 0.29) is 54.7 Å². The van der Waals surface area contributed by atoms with Gasteiger partial charge in [0.05, 0.1) is 20.0 Å². The van der Waals surface area contributed by atoms with Gasteiger partial charge in [0.2, 0.25) is 0 Å². The first-order chi connectivity index (χ1) is 8.28. The summed E-state index contributed by atoms with van der Waals surface area (Å²) in [6.45, 7) is 0. The fourth-order valence-corrected chi connectivity index (χ4v) is 2.04. The minimum absolute atomic E-state index is 0. The van der Waals surface area contributed by atoms with E-state index in [1.807, 2.05) is 0 Å². The number of carbonyl (C=O) groups excluding carboxylic acids is 2. The molecule has 0 heterocycles. The van der Waals surface area contributed by atoms with Gasteiger partial charge in [-0.25, -0.2) is 0 Å². The van der Waals surface area contributed by atoms with Crippen LogP contribution in [0.4, 0.5) is 0 Å². The summed E-state index contributed by atoms with van der Waals surface area (Å²) in [4.78, 5) is 22.1. The number of esters is 2. The van der Waals surface area contributed by atoms with E-state index in [4.69, 9.17) is 4.55 Å². The summed E-state index contributed by atoms with van der Waals surface area (Å²) in [5.74, 6) is -1.72. The van der Waals surface area contributed by atoms with Crippen LogP contribution >= 0.6 is 0 Å². The fourth-order valence-electron chi connectivity index (χ4n) is 1.41. The molecule has 0 bridgehead atoms. The molecule has 0 aliphatic heterocycles. The summed E-state index contributed by atoms with van der Waals surface area (Å²) in [6.07, 6.45) is 0.481. The quantitative estimate of drug-likeness (QED) is 0.374. The molecule has 0 aromatic rings. The van der Waals surface area contributed by atoms with E-state index in [0.717, 1.165) is 0 Å². The number of methoxy groups -OCH3 is 2. The third kappa shape index (κ3) is 12.6. The average Bonchev–Trinajstić information content (AvgIpc) is 2.30. The second kappa shape index (κ2) is 10.6. The van der Waals surface area contributed by atoms with Crippen LogP contribution in [0.15, 0.2) is 0 Å². The molecule has 0 spiro atoms. The van der Waals surface area contributed by atoms with Crippen LogP contribution in [0.25, 0.3) is 0 Å². The molecule has 1 atom stereocenters. The predicted molar refractivity (Wildman–Crippen MR) is 69.6 cm³/mol. The molecule has 0 aromatic carbocycles. The van der Waals surface area contributed by atoms with Crippen molar-refractivity contribution in [2.45, 2.75) is 25.7 Å². The molecule has 19 heavy (non-hydrogen) atoms. The molecule has 108 valence electrons. The Morgan fingerprint density at radius 1 is 1.11 bits per heavy atom. The van der Waals surface area contributed by atoms with Gasteiger partial charge >= 0.3 is 41.5 Å². The molecule has 0 aliphatic carbocycles. The van der Waals surface area contributed by atoms with E-state index >= 15 is 0 Å². The van der Waals surface area contributed by atoms with Gasteiger partial charge in [-0.3, -0.25) is 14.1 Å². The first kappa shape index (κ1) is 21.2. The van der Waals surface area contributed by atoms with Gasteiger partial charge in [0, 0.05) is 12.8 Å². The van der Waals surface area contributed by atoms with Crippen molar-refractivity contribution in [3.05, 3.63) is 0 Å². The van der Waals surface area contributed by atoms with Crippen molar-refractivity contribution in [1.82, 2.24) is 0 Å². The molecule has 0 amide bonds. The third-order valence-electron chi connectivity index (χ3n) is 2.45. The van der Waals surface area contributed by atoms with Gasteiger partial charge < -0.3 is 9.47 Å². The van der Waals surface area contributed by atoms with Crippen LogP contribution < -0.4 is 0 Å². The predicted octanol–water partition coefficient (Wildman–Crippen LogP) is -0.252. The van der Waals surface area contributed by atoms with E-state index in [2.05, 4.69) is 9.47 Å². The Hall–Kier alpha value is -0.150. The molecule has 0 fully saturated rings. The van der Waals surface area contributed by atoms with Crippen LogP contribution in [0, 0.1) is 5.92 Å². The molecular formula is C10H19NaO7S. The number of hydrogen-bond donors (Lipinski definition) is 1. The van der Waals surface area contributed by atoms with Crippen molar-refractivity contribution in [2.24, 2.45) is 5.92 Å². The molecule has 0 radical (unpaired) electrons. The first-order valence-corrected chi connectivity index (χ1v) is 6.98. The zero-order valence-electron chi connectivity index (χ0n) is 10.4. The first-order valence-electron chi connectivity index (χ1n) is 5.37. The number of carbonyl (C=O) groups is 2. The molecule has 0 rings (SSSR count). The third-order valence-corrected chi connectivity index (χ3v) is 3.20. The number of ether oxygens (including phenoxy) is 2. The van der Waals surface area contributed by atoms with Gasteiger partial charge in [-0.05, 0) is 18.8 Å². The zero-order valence-corrected chi connectivity index (χ0v) is 11.2. The van der Waals surface area contributed by atoms with Crippen molar-refractivity contribution >= 4 is 51.6 Å². The van der Waals surface area contributed by atoms with E-state index < -0.39 is 27.8 Å². The van der Waals surface area contributed by atoms with Crippen molar-refractivity contribution in [3.63, 3.8) is 0 Å². The maximum absolute atomic E-state index is 11.1. The molecule has 7 nitrogen and oxygen atoms in total. The van der Waals surface area contributed by atoms with E-state index in [0.29, 0.717) is 6.42 Å². The Morgan fingerprint density at radius 3 is 2.05 bits per heavy atom. The van der Waals surface area contributed by atoms with E-state index in [1.54, 1.807) is 0 Å². The summed E-state index contributed by atoms with van der Waals surface area (Å²) in [5.41, 5.74) is 0. The second-order valence-electron chi connectivity index (χ2n) is 3.84. The van der Waals surface area contributed by atoms with E-state index in [1.165, 1.54) is 14.2 Å². The zero-order chi connectivity index (χ0) is 14.2. The summed E-state index contributed by atoms with van der Waals surface area (Å²) in [6, 6.07) is 0. The molecule has 0 saturated carbocycles. The van der Waals surface area contributed by atoms with Crippen LogP contribution in [0.5, 0.6) is 0 Å². The molecule has 0 aliphatic rings. The number of rotatable bonds is 8. The van der Waals surface area contributed by atoms with Gasteiger partial charge in [0.15, 0.2) is 0 Å². The Kier molecular flexibility index (Phi) is 11.8. The van der Waals surface area contributed by atoms with Crippen LogP contribution in [0.3, 0.4) is 0 Å². The van der Waals surface area contributed by atoms with E-state index in [9.17, 15) is 18.0 Å². The summed E-state index contributed by atoms with van der Waals surface area (Å²) in [7, 11) is -1.60. The van der Waals surface area contributed by atoms with Crippen LogP contribution in [0.2, 0.25) is 0 Å². The Morgan fingerprint density at radius 2 is 1.63 bits per heavy atom. The van der Waals surface area contributed by atoms with Crippen LogP contribution in [-0.4, -0.2) is 74.4 Å². The molecule has 0 saturated heterocycles.